The Morgan fingerprint density at radius 3 is 3.00 bits per heavy atom. The molecule has 0 bridgehead atoms. The minimum atomic E-state index is -0.203. The molecule has 0 aliphatic heterocycles. The first-order valence-electron chi connectivity index (χ1n) is 5.84. The molecule has 0 N–H and O–H groups in total. The number of halogens is 1. The first kappa shape index (κ1) is 13.2. The third-order valence-corrected chi connectivity index (χ3v) is 3.75. The number of hydrogen-bond donors (Lipinski definition) is 0. The molecule has 20 heavy (non-hydrogen) atoms. The quantitative estimate of drug-likeness (QED) is 0.724. The topological polar surface area (TPSA) is 69.4 Å². The van der Waals surface area contributed by atoms with Gasteiger partial charge in [0, 0.05) is 22.4 Å². The van der Waals surface area contributed by atoms with Crippen LogP contribution in [0, 0.1) is 0 Å². The molecule has 0 aromatic carbocycles. The van der Waals surface area contributed by atoms with E-state index in [1.54, 1.807) is 18.5 Å². The Bertz CT molecular complexity index is 830. The smallest absolute Gasteiger partial charge is 0.300 e. The lowest BCUT2D eigenvalue weighted by atomic mass is 10.3. The summed E-state index contributed by atoms with van der Waals surface area (Å²) in [7, 11) is 0. The molecule has 0 aliphatic carbocycles. The third kappa shape index (κ3) is 2.56. The highest BCUT2D eigenvalue weighted by Gasteiger charge is 2.10. The highest BCUT2D eigenvalue weighted by molar-refractivity contribution is 9.10. The van der Waals surface area contributed by atoms with Crippen LogP contribution in [0.3, 0.4) is 0 Å². The summed E-state index contributed by atoms with van der Waals surface area (Å²) >= 11 is 4.53. The lowest BCUT2D eigenvalue weighted by Crippen LogP contribution is -2.14. The van der Waals surface area contributed by atoms with E-state index in [-0.39, 0.29) is 5.56 Å². The number of nitrogens with zero attached hydrogens (tertiary/aromatic N) is 4. The van der Waals surface area contributed by atoms with E-state index in [9.17, 15) is 4.79 Å². The van der Waals surface area contributed by atoms with Crippen LogP contribution in [0.4, 0.5) is 0 Å². The summed E-state index contributed by atoms with van der Waals surface area (Å²) < 4.78 is 7.63. The molecule has 3 aromatic rings. The predicted octanol–water partition coefficient (Wildman–Crippen LogP) is 2.66. The van der Waals surface area contributed by atoms with Crippen molar-refractivity contribution in [2.24, 2.45) is 0 Å². The maximum absolute atomic E-state index is 11.9. The second kappa shape index (κ2) is 5.29. The molecule has 0 unspecified atom stereocenters. The van der Waals surface area contributed by atoms with Gasteiger partial charge < -0.3 is 4.74 Å². The molecule has 0 amide bonds. The molecule has 0 saturated heterocycles. The van der Waals surface area contributed by atoms with Crippen molar-refractivity contribution in [1.29, 1.82) is 0 Å². The minimum Gasteiger partial charge on any atom is -0.428 e. The van der Waals surface area contributed by atoms with E-state index in [0.29, 0.717) is 22.3 Å². The van der Waals surface area contributed by atoms with Gasteiger partial charge in [-0.3, -0.25) is 9.78 Å². The SMILES string of the molecule is CCc1cc(=O)n2nc(Oc3cncc(Br)c3)sc2n1. The maximum atomic E-state index is 11.9. The fraction of sp³-hybridized carbons (Fsp3) is 0.167. The molecule has 3 rings (SSSR count). The van der Waals surface area contributed by atoms with Crippen molar-refractivity contribution in [3.8, 4) is 10.9 Å². The van der Waals surface area contributed by atoms with Gasteiger partial charge in [-0.15, -0.1) is 5.10 Å². The van der Waals surface area contributed by atoms with Crippen molar-refractivity contribution >= 4 is 32.2 Å². The summed E-state index contributed by atoms with van der Waals surface area (Å²) in [5, 5.41) is 4.46. The van der Waals surface area contributed by atoms with E-state index in [1.807, 2.05) is 6.92 Å². The van der Waals surface area contributed by atoms with Crippen LogP contribution < -0.4 is 10.3 Å². The van der Waals surface area contributed by atoms with Crippen molar-refractivity contribution in [3.05, 3.63) is 45.0 Å². The highest BCUT2D eigenvalue weighted by Crippen LogP contribution is 2.26. The fourth-order valence-corrected chi connectivity index (χ4v) is 2.75. The number of aryl methyl sites for hydroxylation is 1. The second-order valence-corrected chi connectivity index (χ2v) is 5.78. The summed E-state index contributed by atoms with van der Waals surface area (Å²) in [5.74, 6) is 0.544. The van der Waals surface area contributed by atoms with Gasteiger partial charge in [0.15, 0.2) is 0 Å². The standard InChI is InChI=1S/C12H9BrN4O2S/c1-2-8-4-10(18)17-11(15-8)20-12(16-17)19-9-3-7(13)5-14-6-9/h3-6H,2H2,1H3. The monoisotopic (exact) mass is 352 g/mol. The van der Waals surface area contributed by atoms with E-state index in [0.717, 1.165) is 10.2 Å². The summed E-state index contributed by atoms with van der Waals surface area (Å²) in [4.78, 5) is 20.7. The number of rotatable bonds is 3. The normalized spacial score (nSPS) is 10.9. The molecule has 3 heterocycles. The molecule has 0 atom stereocenters. The van der Waals surface area contributed by atoms with Crippen LogP contribution in [0.25, 0.3) is 4.96 Å². The van der Waals surface area contributed by atoms with E-state index >= 15 is 0 Å². The molecule has 8 heteroatoms. The van der Waals surface area contributed by atoms with E-state index in [1.165, 1.54) is 21.9 Å². The van der Waals surface area contributed by atoms with E-state index in [2.05, 4.69) is 31.0 Å². The van der Waals surface area contributed by atoms with Crippen LogP contribution in [-0.2, 0) is 6.42 Å². The zero-order chi connectivity index (χ0) is 14.1. The predicted molar refractivity (Wildman–Crippen MR) is 78.5 cm³/mol. The van der Waals surface area contributed by atoms with Gasteiger partial charge in [-0.25, -0.2) is 4.98 Å². The van der Waals surface area contributed by atoms with Gasteiger partial charge in [0.2, 0.25) is 4.96 Å². The van der Waals surface area contributed by atoms with Crippen LogP contribution in [0.15, 0.2) is 33.8 Å². The fourth-order valence-electron chi connectivity index (χ4n) is 1.61. The molecule has 0 radical (unpaired) electrons. The van der Waals surface area contributed by atoms with Gasteiger partial charge in [-0.05, 0) is 39.8 Å². The molecule has 0 fully saturated rings. The van der Waals surface area contributed by atoms with Crippen LogP contribution in [0.5, 0.6) is 10.9 Å². The molecule has 6 nitrogen and oxygen atoms in total. The average Bonchev–Trinajstić information content (AvgIpc) is 2.81. The maximum Gasteiger partial charge on any atom is 0.300 e. The summed E-state index contributed by atoms with van der Waals surface area (Å²) in [6, 6.07) is 3.25. The van der Waals surface area contributed by atoms with E-state index < -0.39 is 0 Å². The van der Waals surface area contributed by atoms with Crippen molar-refractivity contribution in [2.45, 2.75) is 13.3 Å². The summed E-state index contributed by atoms with van der Waals surface area (Å²) in [6.07, 6.45) is 3.94. The van der Waals surface area contributed by atoms with Crippen LogP contribution in [0.2, 0.25) is 0 Å². The summed E-state index contributed by atoms with van der Waals surface area (Å²) in [6.45, 7) is 1.95. The van der Waals surface area contributed by atoms with Gasteiger partial charge in [0.25, 0.3) is 10.8 Å². The average molecular weight is 353 g/mol. The number of pyridine rings is 1. The first-order valence-corrected chi connectivity index (χ1v) is 7.45. The summed E-state index contributed by atoms with van der Waals surface area (Å²) in [5.41, 5.74) is 0.541. The zero-order valence-corrected chi connectivity index (χ0v) is 12.8. The third-order valence-electron chi connectivity index (χ3n) is 2.53. The molecule has 0 spiro atoms. The minimum absolute atomic E-state index is 0.203. The van der Waals surface area contributed by atoms with Gasteiger partial charge in [-0.1, -0.05) is 6.92 Å². The lowest BCUT2D eigenvalue weighted by molar-refractivity contribution is 0.467. The Kier molecular flexibility index (Phi) is 3.49. The second-order valence-electron chi connectivity index (χ2n) is 3.94. The molecule has 102 valence electrons. The van der Waals surface area contributed by atoms with Crippen LogP contribution >= 0.6 is 27.3 Å². The Morgan fingerprint density at radius 1 is 1.40 bits per heavy atom. The molecular formula is C12H9BrN4O2S. The number of hydrogen-bond acceptors (Lipinski definition) is 6. The number of fused-ring (bicyclic) bond motifs is 1. The Balaban J connectivity index is 2.01. The highest BCUT2D eigenvalue weighted by atomic mass is 79.9. The molecule has 3 aromatic heterocycles. The Morgan fingerprint density at radius 2 is 2.25 bits per heavy atom. The van der Waals surface area contributed by atoms with Crippen LogP contribution in [-0.4, -0.2) is 19.6 Å². The van der Waals surface area contributed by atoms with E-state index in [4.69, 9.17) is 4.74 Å². The first-order chi connectivity index (χ1) is 9.65. The van der Waals surface area contributed by atoms with Gasteiger partial charge in [0.05, 0.1) is 6.20 Å². The van der Waals surface area contributed by atoms with Crippen LogP contribution in [0.1, 0.15) is 12.6 Å². The largest absolute Gasteiger partial charge is 0.428 e. The Labute approximate surface area is 126 Å². The number of aromatic nitrogens is 4. The van der Waals surface area contributed by atoms with Crippen molar-refractivity contribution in [1.82, 2.24) is 19.6 Å². The molecular weight excluding hydrogens is 344 g/mol. The van der Waals surface area contributed by atoms with Crippen molar-refractivity contribution < 1.29 is 4.74 Å². The van der Waals surface area contributed by atoms with Gasteiger partial charge >= 0.3 is 0 Å². The molecule has 0 saturated carbocycles. The zero-order valence-electron chi connectivity index (χ0n) is 10.4. The van der Waals surface area contributed by atoms with Gasteiger partial charge in [-0.2, -0.15) is 4.52 Å². The molecule has 0 aliphatic rings. The van der Waals surface area contributed by atoms with Crippen molar-refractivity contribution in [2.75, 3.05) is 0 Å². The lowest BCUT2D eigenvalue weighted by Gasteiger charge is -1.99. The van der Waals surface area contributed by atoms with Crippen molar-refractivity contribution in [3.63, 3.8) is 0 Å². The Hall–Kier alpha value is -1.80. The number of ether oxygens (including phenoxy) is 1. The van der Waals surface area contributed by atoms with Gasteiger partial charge in [0.1, 0.15) is 5.75 Å².